The lowest BCUT2D eigenvalue weighted by Crippen LogP contribution is -2.08. The molecule has 2 rings (SSSR count). The Labute approximate surface area is 88.7 Å². The highest BCUT2D eigenvalue weighted by atomic mass is 15.4. The SMILES string of the molecule is Cc1cccc(-n2nncc2CN)c1C. The largest absolute Gasteiger partial charge is 0.325 e. The fraction of sp³-hybridized carbons (Fsp3) is 0.273. The molecule has 0 saturated heterocycles. The number of aryl methyl sites for hydroxylation is 1. The molecule has 0 spiro atoms. The van der Waals surface area contributed by atoms with E-state index in [1.54, 1.807) is 10.9 Å². The van der Waals surface area contributed by atoms with Crippen LogP contribution in [0.5, 0.6) is 0 Å². The second kappa shape index (κ2) is 3.82. The molecule has 0 fully saturated rings. The molecule has 2 N–H and O–H groups in total. The molecule has 0 saturated carbocycles. The summed E-state index contributed by atoms with van der Waals surface area (Å²) in [6.45, 7) is 4.60. The van der Waals surface area contributed by atoms with E-state index in [-0.39, 0.29) is 0 Å². The maximum atomic E-state index is 5.62. The number of rotatable bonds is 2. The lowest BCUT2D eigenvalue weighted by atomic mass is 10.1. The van der Waals surface area contributed by atoms with Crippen molar-refractivity contribution < 1.29 is 0 Å². The van der Waals surface area contributed by atoms with Crippen LogP contribution in [0.4, 0.5) is 0 Å². The van der Waals surface area contributed by atoms with E-state index in [0.717, 1.165) is 11.4 Å². The van der Waals surface area contributed by atoms with E-state index in [1.165, 1.54) is 11.1 Å². The highest BCUT2D eigenvalue weighted by molar-refractivity contribution is 5.44. The number of aromatic nitrogens is 3. The van der Waals surface area contributed by atoms with Crippen molar-refractivity contribution in [1.82, 2.24) is 15.0 Å². The van der Waals surface area contributed by atoms with E-state index in [1.807, 2.05) is 12.1 Å². The van der Waals surface area contributed by atoms with Crippen LogP contribution in [0.15, 0.2) is 24.4 Å². The third-order valence-corrected chi connectivity index (χ3v) is 2.63. The zero-order chi connectivity index (χ0) is 10.8. The second-order valence-electron chi connectivity index (χ2n) is 3.56. The summed E-state index contributed by atoms with van der Waals surface area (Å²) in [5.74, 6) is 0. The Morgan fingerprint density at radius 2 is 2.13 bits per heavy atom. The van der Waals surface area contributed by atoms with Crippen molar-refractivity contribution in [3.05, 3.63) is 41.2 Å². The Morgan fingerprint density at radius 1 is 1.33 bits per heavy atom. The van der Waals surface area contributed by atoms with Gasteiger partial charge in [0, 0.05) is 6.54 Å². The number of hydrogen-bond donors (Lipinski definition) is 1. The molecule has 0 aliphatic carbocycles. The maximum absolute atomic E-state index is 5.62. The van der Waals surface area contributed by atoms with Crippen LogP contribution in [0.25, 0.3) is 5.69 Å². The van der Waals surface area contributed by atoms with Gasteiger partial charge in [-0.2, -0.15) is 0 Å². The van der Waals surface area contributed by atoms with Gasteiger partial charge in [0.25, 0.3) is 0 Å². The van der Waals surface area contributed by atoms with Crippen molar-refractivity contribution >= 4 is 0 Å². The summed E-state index contributed by atoms with van der Waals surface area (Å²) in [6, 6.07) is 6.12. The Bertz CT molecular complexity index is 473. The monoisotopic (exact) mass is 202 g/mol. The summed E-state index contributed by atoms with van der Waals surface area (Å²) >= 11 is 0. The average Bonchev–Trinajstić information content (AvgIpc) is 2.70. The first-order chi connectivity index (χ1) is 7.24. The topological polar surface area (TPSA) is 56.7 Å². The van der Waals surface area contributed by atoms with Crippen LogP contribution >= 0.6 is 0 Å². The van der Waals surface area contributed by atoms with Crippen LogP contribution in [0.3, 0.4) is 0 Å². The summed E-state index contributed by atoms with van der Waals surface area (Å²) in [5, 5.41) is 7.92. The van der Waals surface area contributed by atoms with Crippen LogP contribution in [-0.2, 0) is 6.54 Å². The Morgan fingerprint density at radius 3 is 2.87 bits per heavy atom. The molecule has 1 aromatic carbocycles. The minimum absolute atomic E-state index is 0.445. The minimum Gasteiger partial charge on any atom is -0.325 e. The van der Waals surface area contributed by atoms with Crippen molar-refractivity contribution in [2.75, 3.05) is 0 Å². The van der Waals surface area contributed by atoms with E-state index in [4.69, 9.17) is 5.73 Å². The molecule has 4 nitrogen and oxygen atoms in total. The summed E-state index contributed by atoms with van der Waals surface area (Å²) < 4.78 is 1.79. The van der Waals surface area contributed by atoms with Gasteiger partial charge in [-0.05, 0) is 31.0 Å². The molecule has 1 aromatic heterocycles. The Hall–Kier alpha value is -1.68. The van der Waals surface area contributed by atoms with Gasteiger partial charge in [-0.15, -0.1) is 5.10 Å². The van der Waals surface area contributed by atoms with Gasteiger partial charge >= 0.3 is 0 Å². The quantitative estimate of drug-likeness (QED) is 0.799. The zero-order valence-corrected chi connectivity index (χ0v) is 8.94. The normalized spacial score (nSPS) is 10.6. The van der Waals surface area contributed by atoms with Gasteiger partial charge in [-0.25, -0.2) is 4.68 Å². The minimum atomic E-state index is 0.445. The highest BCUT2D eigenvalue weighted by Gasteiger charge is 2.07. The van der Waals surface area contributed by atoms with Gasteiger partial charge in [-0.3, -0.25) is 0 Å². The van der Waals surface area contributed by atoms with Gasteiger partial charge < -0.3 is 5.73 Å². The molecular weight excluding hydrogens is 188 g/mol. The smallest absolute Gasteiger partial charge is 0.0781 e. The first-order valence-corrected chi connectivity index (χ1v) is 4.90. The van der Waals surface area contributed by atoms with Crippen molar-refractivity contribution in [2.24, 2.45) is 5.73 Å². The third kappa shape index (κ3) is 1.64. The van der Waals surface area contributed by atoms with Gasteiger partial charge in [0.15, 0.2) is 0 Å². The lowest BCUT2D eigenvalue weighted by molar-refractivity contribution is 0.756. The molecule has 15 heavy (non-hydrogen) atoms. The highest BCUT2D eigenvalue weighted by Crippen LogP contribution is 2.17. The average molecular weight is 202 g/mol. The molecule has 0 amide bonds. The molecule has 0 radical (unpaired) electrons. The molecule has 0 bridgehead atoms. The zero-order valence-electron chi connectivity index (χ0n) is 8.94. The van der Waals surface area contributed by atoms with Crippen molar-refractivity contribution in [1.29, 1.82) is 0 Å². The summed E-state index contributed by atoms with van der Waals surface area (Å²) in [5.41, 5.74) is 10.0. The first kappa shape index (κ1) is 9.86. The molecule has 4 heteroatoms. The molecular formula is C11H14N4. The summed E-state index contributed by atoms with van der Waals surface area (Å²) in [4.78, 5) is 0. The number of nitrogens with two attached hydrogens (primary N) is 1. The molecule has 0 unspecified atom stereocenters. The van der Waals surface area contributed by atoms with Gasteiger partial charge in [0.05, 0.1) is 17.6 Å². The van der Waals surface area contributed by atoms with E-state index in [2.05, 4.69) is 30.2 Å². The molecule has 78 valence electrons. The third-order valence-electron chi connectivity index (χ3n) is 2.63. The summed E-state index contributed by atoms with van der Waals surface area (Å²) in [6.07, 6.45) is 1.70. The number of nitrogens with zero attached hydrogens (tertiary/aromatic N) is 3. The Balaban J connectivity index is 2.59. The van der Waals surface area contributed by atoms with E-state index >= 15 is 0 Å². The molecule has 0 aliphatic rings. The van der Waals surface area contributed by atoms with E-state index < -0.39 is 0 Å². The van der Waals surface area contributed by atoms with Crippen LogP contribution in [0.2, 0.25) is 0 Å². The fourth-order valence-corrected chi connectivity index (χ4v) is 1.56. The lowest BCUT2D eigenvalue weighted by Gasteiger charge is -2.09. The maximum Gasteiger partial charge on any atom is 0.0781 e. The second-order valence-corrected chi connectivity index (χ2v) is 3.56. The predicted octanol–water partition coefficient (Wildman–Crippen LogP) is 1.34. The number of benzene rings is 1. The molecule has 0 atom stereocenters. The molecule has 0 aliphatic heterocycles. The fourth-order valence-electron chi connectivity index (χ4n) is 1.56. The van der Waals surface area contributed by atoms with Crippen molar-refractivity contribution in [3.8, 4) is 5.69 Å². The van der Waals surface area contributed by atoms with Crippen molar-refractivity contribution in [3.63, 3.8) is 0 Å². The van der Waals surface area contributed by atoms with E-state index in [0.29, 0.717) is 6.54 Å². The van der Waals surface area contributed by atoms with Gasteiger partial charge in [0.1, 0.15) is 0 Å². The standard InChI is InChI=1S/C11H14N4/c1-8-4-3-5-11(9(8)2)15-10(6-12)7-13-14-15/h3-5,7H,6,12H2,1-2H3. The van der Waals surface area contributed by atoms with Crippen molar-refractivity contribution in [2.45, 2.75) is 20.4 Å². The van der Waals surface area contributed by atoms with Crippen LogP contribution in [0, 0.1) is 13.8 Å². The first-order valence-electron chi connectivity index (χ1n) is 4.90. The van der Waals surface area contributed by atoms with Gasteiger partial charge in [-0.1, -0.05) is 17.3 Å². The molecule has 1 heterocycles. The summed E-state index contributed by atoms with van der Waals surface area (Å²) in [7, 11) is 0. The molecule has 2 aromatic rings. The van der Waals surface area contributed by atoms with Gasteiger partial charge in [0.2, 0.25) is 0 Å². The van der Waals surface area contributed by atoms with E-state index in [9.17, 15) is 0 Å². The van der Waals surface area contributed by atoms with Crippen LogP contribution < -0.4 is 5.73 Å². The number of hydrogen-bond acceptors (Lipinski definition) is 3. The van der Waals surface area contributed by atoms with Crippen LogP contribution in [0.1, 0.15) is 16.8 Å². The Kier molecular flexibility index (Phi) is 2.51. The van der Waals surface area contributed by atoms with Crippen LogP contribution in [-0.4, -0.2) is 15.0 Å². The predicted molar refractivity (Wildman–Crippen MR) is 58.7 cm³/mol.